The molecule has 4 nitrogen and oxygen atoms in total. The Bertz CT molecular complexity index is 276. The third kappa shape index (κ3) is 2.50. The van der Waals surface area contributed by atoms with Gasteiger partial charge in [0, 0.05) is 6.07 Å². The van der Waals surface area contributed by atoms with Gasteiger partial charge in [-0.2, -0.15) is 0 Å². The summed E-state index contributed by atoms with van der Waals surface area (Å²) < 4.78 is 10.3. The van der Waals surface area contributed by atoms with E-state index in [1.807, 2.05) is 6.92 Å². The van der Waals surface area contributed by atoms with Crippen molar-refractivity contribution in [2.24, 2.45) is 0 Å². The van der Waals surface area contributed by atoms with Crippen molar-refractivity contribution in [2.45, 2.75) is 13.3 Å². The van der Waals surface area contributed by atoms with Gasteiger partial charge in [-0.15, -0.1) is 0 Å². The van der Waals surface area contributed by atoms with E-state index < -0.39 is 0 Å². The molecule has 0 aliphatic carbocycles. The van der Waals surface area contributed by atoms with Crippen molar-refractivity contribution in [1.29, 1.82) is 0 Å². The number of pyridine rings is 1. The Morgan fingerprint density at radius 3 is 2.85 bits per heavy atom. The Morgan fingerprint density at radius 2 is 2.31 bits per heavy atom. The minimum absolute atomic E-state index is 0.434. The van der Waals surface area contributed by atoms with Gasteiger partial charge in [0.2, 0.25) is 5.88 Å². The minimum Gasteiger partial charge on any atom is -0.492 e. The topological polar surface area (TPSA) is 57.4 Å². The number of nitrogen functional groups attached to an aromatic ring is 1. The van der Waals surface area contributed by atoms with E-state index in [9.17, 15) is 0 Å². The molecule has 72 valence electrons. The highest BCUT2D eigenvalue weighted by Crippen LogP contribution is 2.22. The van der Waals surface area contributed by atoms with Crippen LogP contribution in [0.4, 0.5) is 5.69 Å². The predicted octanol–water partition coefficient (Wildman–Crippen LogP) is 1.46. The number of hydrogen-bond acceptors (Lipinski definition) is 4. The molecular weight excluding hydrogens is 168 g/mol. The molecule has 13 heavy (non-hydrogen) atoms. The maximum absolute atomic E-state index is 5.64. The summed E-state index contributed by atoms with van der Waals surface area (Å²) in [6, 6.07) is 1.71. The second-order valence-corrected chi connectivity index (χ2v) is 2.62. The van der Waals surface area contributed by atoms with Gasteiger partial charge in [0.25, 0.3) is 0 Å². The molecule has 1 rings (SSSR count). The molecule has 0 saturated heterocycles. The van der Waals surface area contributed by atoms with Crippen molar-refractivity contribution < 1.29 is 9.47 Å². The lowest BCUT2D eigenvalue weighted by molar-refractivity contribution is 0.314. The zero-order valence-corrected chi connectivity index (χ0v) is 7.91. The normalized spacial score (nSPS) is 9.69. The molecule has 0 aliphatic heterocycles. The van der Waals surface area contributed by atoms with Gasteiger partial charge in [0.1, 0.15) is 5.75 Å². The van der Waals surface area contributed by atoms with Gasteiger partial charge in [-0.25, -0.2) is 4.98 Å². The van der Waals surface area contributed by atoms with E-state index in [0.717, 1.165) is 6.42 Å². The predicted molar refractivity (Wildman–Crippen MR) is 51.0 cm³/mol. The van der Waals surface area contributed by atoms with Crippen LogP contribution in [0.1, 0.15) is 13.3 Å². The molecule has 0 radical (unpaired) electrons. The number of nitrogens with two attached hydrogens (primary N) is 1. The molecule has 0 fully saturated rings. The van der Waals surface area contributed by atoms with Gasteiger partial charge < -0.3 is 15.2 Å². The molecular formula is C9H14N2O2. The van der Waals surface area contributed by atoms with Crippen LogP contribution < -0.4 is 15.2 Å². The zero-order valence-electron chi connectivity index (χ0n) is 7.91. The standard InChI is InChI=1S/C9H14N2O2/c1-3-4-13-7-5-8(10)9(12-2)11-6-7/h5-6H,3-4,10H2,1-2H3. The fraction of sp³-hybridized carbons (Fsp3) is 0.444. The Balaban J connectivity index is 2.71. The minimum atomic E-state index is 0.434. The van der Waals surface area contributed by atoms with Gasteiger partial charge >= 0.3 is 0 Å². The largest absolute Gasteiger partial charge is 0.492 e. The summed E-state index contributed by atoms with van der Waals surface area (Å²) in [6.07, 6.45) is 2.57. The van der Waals surface area contributed by atoms with E-state index in [0.29, 0.717) is 23.9 Å². The third-order valence-corrected chi connectivity index (χ3v) is 1.52. The molecule has 0 aliphatic rings. The highest BCUT2D eigenvalue weighted by molar-refractivity contribution is 5.51. The maximum Gasteiger partial charge on any atom is 0.237 e. The smallest absolute Gasteiger partial charge is 0.237 e. The molecule has 0 spiro atoms. The third-order valence-electron chi connectivity index (χ3n) is 1.52. The van der Waals surface area contributed by atoms with Gasteiger partial charge in [0.05, 0.1) is 25.6 Å². The van der Waals surface area contributed by atoms with Crippen molar-refractivity contribution >= 4 is 5.69 Å². The summed E-state index contributed by atoms with van der Waals surface area (Å²) in [6.45, 7) is 2.72. The summed E-state index contributed by atoms with van der Waals surface area (Å²) in [5.41, 5.74) is 6.13. The molecule has 0 aromatic carbocycles. The Kier molecular flexibility index (Phi) is 3.37. The fourth-order valence-electron chi connectivity index (χ4n) is 0.918. The van der Waals surface area contributed by atoms with Crippen molar-refractivity contribution in [3.8, 4) is 11.6 Å². The Hall–Kier alpha value is -1.45. The van der Waals surface area contributed by atoms with Crippen LogP contribution in [0, 0.1) is 0 Å². The van der Waals surface area contributed by atoms with Crippen molar-refractivity contribution in [1.82, 2.24) is 4.98 Å². The van der Waals surface area contributed by atoms with E-state index >= 15 is 0 Å². The van der Waals surface area contributed by atoms with Crippen molar-refractivity contribution in [3.63, 3.8) is 0 Å². The number of ether oxygens (including phenoxy) is 2. The van der Waals surface area contributed by atoms with Gasteiger partial charge in [0.15, 0.2) is 0 Å². The molecule has 2 N–H and O–H groups in total. The van der Waals surface area contributed by atoms with E-state index in [-0.39, 0.29) is 0 Å². The molecule has 1 aromatic rings. The molecule has 1 aromatic heterocycles. The number of methoxy groups -OCH3 is 1. The molecule has 0 unspecified atom stereocenters. The lowest BCUT2D eigenvalue weighted by Crippen LogP contribution is -1.99. The molecule has 4 heteroatoms. The Labute approximate surface area is 77.7 Å². The van der Waals surface area contributed by atoms with Crippen LogP contribution in [0.5, 0.6) is 11.6 Å². The summed E-state index contributed by atoms with van der Waals surface area (Å²) in [5.74, 6) is 1.11. The first-order valence-corrected chi connectivity index (χ1v) is 4.20. The lowest BCUT2D eigenvalue weighted by atomic mass is 10.4. The van der Waals surface area contributed by atoms with E-state index in [1.54, 1.807) is 12.3 Å². The molecule has 0 saturated carbocycles. The highest BCUT2D eigenvalue weighted by Gasteiger charge is 2.01. The van der Waals surface area contributed by atoms with Crippen LogP contribution in [0.3, 0.4) is 0 Å². The first-order valence-electron chi connectivity index (χ1n) is 4.20. The van der Waals surface area contributed by atoms with Gasteiger partial charge in [-0.05, 0) is 6.42 Å². The molecule has 0 amide bonds. The first-order chi connectivity index (χ1) is 6.27. The molecule has 1 heterocycles. The number of hydrogen-bond donors (Lipinski definition) is 1. The monoisotopic (exact) mass is 182 g/mol. The average molecular weight is 182 g/mol. The number of aromatic nitrogens is 1. The highest BCUT2D eigenvalue weighted by atomic mass is 16.5. The second-order valence-electron chi connectivity index (χ2n) is 2.62. The quantitative estimate of drug-likeness (QED) is 0.765. The van der Waals surface area contributed by atoms with Crippen LogP contribution in [0.15, 0.2) is 12.3 Å². The van der Waals surface area contributed by atoms with Gasteiger partial charge in [-0.1, -0.05) is 6.92 Å². The van der Waals surface area contributed by atoms with Crippen LogP contribution in [-0.2, 0) is 0 Å². The second kappa shape index (κ2) is 4.54. The fourth-order valence-corrected chi connectivity index (χ4v) is 0.918. The van der Waals surface area contributed by atoms with E-state index in [4.69, 9.17) is 15.2 Å². The van der Waals surface area contributed by atoms with Crippen LogP contribution in [-0.4, -0.2) is 18.7 Å². The van der Waals surface area contributed by atoms with Crippen LogP contribution >= 0.6 is 0 Å². The van der Waals surface area contributed by atoms with Crippen LogP contribution in [0.25, 0.3) is 0 Å². The molecule has 0 atom stereocenters. The number of nitrogens with zero attached hydrogens (tertiary/aromatic N) is 1. The average Bonchev–Trinajstić information content (AvgIpc) is 2.15. The SMILES string of the molecule is CCCOc1cnc(OC)c(N)c1. The zero-order chi connectivity index (χ0) is 9.68. The van der Waals surface area contributed by atoms with Crippen molar-refractivity contribution in [3.05, 3.63) is 12.3 Å². The van der Waals surface area contributed by atoms with Crippen LogP contribution in [0.2, 0.25) is 0 Å². The Morgan fingerprint density at radius 1 is 1.54 bits per heavy atom. The first kappa shape index (κ1) is 9.64. The lowest BCUT2D eigenvalue weighted by Gasteiger charge is -2.06. The van der Waals surface area contributed by atoms with E-state index in [1.165, 1.54) is 7.11 Å². The van der Waals surface area contributed by atoms with Gasteiger partial charge in [-0.3, -0.25) is 0 Å². The summed E-state index contributed by atoms with van der Waals surface area (Å²) >= 11 is 0. The van der Waals surface area contributed by atoms with Crippen molar-refractivity contribution in [2.75, 3.05) is 19.5 Å². The maximum atomic E-state index is 5.64. The number of rotatable bonds is 4. The summed E-state index contributed by atoms with van der Waals surface area (Å²) in [5, 5.41) is 0. The van der Waals surface area contributed by atoms with E-state index in [2.05, 4.69) is 4.98 Å². The summed E-state index contributed by atoms with van der Waals surface area (Å²) in [4.78, 5) is 3.98. The number of anilines is 1. The molecule has 0 bridgehead atoms. The summed E-state index contributed by atoms with van der Waals surface area (Å²) in [7, 11) is 1.53.